The molecule has 1 rings (SSSR count). The van der Waals surface area contributed by atoms with E-state index >= 15 is 0 Å². The van der Waals surface area contributed by atoms with Crippen LogP contribution in [0.3, 0.4) is 0 Å². The van der Waals surface area contributed by atoms with Gasteiger partial charge in [0.2, 0.25) is 0 Å². The summed E-state index contributed by atoms with van der Waals surface area (Å²) >= 11 is 0. The molecule has 86 valence electrons. The quantitative estimate of drug-likeness (QED) is 0.825. The predicted octanol–water partition coefficient (Wildman–Crippen LogP) is 1.85. The van der Waals surface area contributed by atoms with Crippen molar-refractivity contribution in [3.05, 3.63) is 17.5 Å². The summed E-state index contributed by atoms with van der Waals surface area (Å²) in [5.74, 6) is 0.523. The standard InChI is InChI=1S/C12H23N3/c1-9(7-13)6-10-8-15(5)14-11(10)12(2,3)4/h8-9H,6-7,13H2,1-5H3. The van der Waals surface area contributed by atoms with Crippen LogP contribution in [0.25, 0.3) is 0 Å². The zero-order valence-electron chi connectivity index (χ0n) is 10.5. The van der Waals surface area contributed by atoms with E-state index in [2.05, 4.69) is 39.0 Å². The van der Waals surface area contributed by atoms with Gasteiger partial charge in [0, 0.05) is 18.7 Å². The molecule has 0 radical (unpaired) electrons. The molecule has 1 aromatic rings. The molecule has 1 heterocycles. The van der Waals surface area contributed by atoms with E-state index < -0.39 is 0 Å². The van der Waals surface area contributed by atoms with Gasteiger partial charge in [-0.15, -0.1) is 0 Å². The summed E-state index contributed by atoms with van der Waals surface area (Å²) in [5.41, 5.74) is 8.31. The summed E-state index contributed by atoms with van der Waals surface area (Å²) < 4.78 is 1.90. The summed E-state index contributed by atoms with van der Waals surface area (Å²) in [6.07, 6.45) is 3.14. The Morgan fingerprint density at radius 1 is 1.47 bits per heavy atom. The molecular weight excluding hydrogens is 186 g/mol. The lowest BCUT2D eigenvalue weighted by Gasteiger charge is -2.18. The summed E-state index contributed by atoms with van der Waals surface area (Å²) in [7, 11) is 1.98. The minimum Gasteiger partial charge on any atom is -0.330 e. The summed E-state index contributed by atoms with van der Waals surface area (Å²) in [6, 6.07) is 0. The van der Waals surface area contributed by atoms with Crippen molar-refractivity contribution >= 4 is 0 Å². The Kier molecular flexibility index (Phi) is 3.55. The Morgan fingerprint density at radius 3 is 2.53 bits per heavy atom. The fraction of sp³-hybridized carbons (Fsp3) is 0.750. The molecule has 0 fully saturated rings. The third-order valence-electron chi connectivity index (χ3n) is 2.59. The van der Waals surface area contributed by atoms with Gasteiger partial charge < -0.3 is 5.73 Å². The summed E-state index contributed by atoms with van der Waals surface area (Å²) in [5, 5.41) is 4.55. The van der Waals surface area contributed by atoms with Gasteiger partial charge in [-0.05, 0) is 24.4 Å². The number of rotatable bonds is 3. The second-order valence-corrected chi connectivity index (χ2v) is 5.47. The fourth-order valence-electron chi connectivity index (χ4n) is 1.78. The monoisotopic (exact) mass is 209 g/mol. The predicted molar refractivity (Wildman–Crippen MR) is 63.8 cm³/mol. The average molecular weight is 209 g/mol. The highest BCUT2D eigenvalue weighted by atomic mass is 15.3. The summed E-state index contributed by atoms with van der Waals surface area (Å²) in [6.45, 7) is 9.52. The average Bonchev–Trinajstić information content (AvgIpc) is 2.45. The first kappa shape index (κ1) is 12.2. The lowest BCUT2D eigenvalue weighted by atomic mass is 9.87. The van der Waals surface area contributed by atoms with Gasteiger partial charge >= 0.3 is 0 Å². The normalized spacial score (nSPS) is 14.3. The van der Waals surface area contributed by atoms with E-state index in [0.717, 1.165) is 13.0 Å². The lowest BCUT2D eigenvalue weighted by molar-refractivity contribution is 0.534. The highest BCUT2D eigenvalue weighted by Gasteiger charge is 2.22. The molecule has 3 heteroatoms. The third-order valence-corrected chi connectivity index (χ3v) is 2.59. The molecule has 2 N–H and O–H groups in total. The molecule has 0 aliphatic carbocycles. The second kappa shape index (κ2) is 4.35. The first-order chi connectivity index (χ1) is 6.84. The fourth-order valence-corrected chi connectivity index (χ4v) is 1.78. The van der Waals surface area contributed by atoms with Gasteiger partial charge in [0.25, 0.3) is 0 Å². The van der Waals surface area contributed by atoms with Crippen LogP contribution in [-0.2, 0) is 18.9 Å². The van der Waals surface area contributed by atoms with Crippen molar-refractivity contribution in [2.75, 3.05) is 6.54 Å². The number of nitrogens with zero attached hydrogens (tertiary/aromatic N) is 2. The maximum atomic E-state index is 5.66. The van der Waals surface area contributed by atoms with Crippen molar-refractivity contribution in [3.63, 3.8) is 0 Å². The molecule has 0 aliphatic rings. The maximum Gasteiger partial charge on any atom is 0.0709 e. The number of hydrogen-bond donors (Lipinski definition) is 1. The molecule has 15 heavy (non-hydrogen) atoms. The van der Waals surface area contributed by atoms with E-state index in [-0.39, 0.29) is 5.41 Å². The van der Waals surface area contributed by atoms with Crippen molar-refractivity contribution in [1.82, 2.24) is 9.78 Å². The number of nitrogens with two attached hydrogens (primary N) is 1. The Bertz CT molecular complexity index is 320. The summed E-state index contributed by atoms with van der Waals surface area (Å²) in [4.78, 5) is 0. The highest BCUT2D eigenvalue weighted by molar-refractivity contribution is 5.24. The lowest BCUT2D eigenvalue weighted by Crippen LogP contribution is -2.18. The van der Waals surface area contributed by atoms with Gasteiger partial charge in [0.1, 0.15) is 0 Å². The molecule has 0 aliphatic heterocycles. The first-order valence-electron chi connectivity index (χ1n) is 5.57. The molecular formula is C12H23N3. The molecule has 0 aromatic carbocycles. The maximum absolute atomic E-state index is 5.66. The number of aromatic nitrogens is 2. The van der Waals surface area contributed by atoms with E-state index in [9.17, 15) is 0 Å². The number of hydrogen-bond acceptors (Lipinski definition) is 2. The third kappa shape index (κ3) is 3.06. The van der Waals surface area contributed by atoms with Crippen LogP contribution in [0.5, 0.6) is 0 Å². The van der Waals surface area contributed by atoms with Crippen molar-refractivity contribution in [2.24, 2.45) is 18.7 Å². The van der Waals surface area contributed by atoms with Crippen LogP contribution in [0.15, 0.2) is 6.20 Å². The first-order valence-corrected chi connectivity index (χ1v) is 5.57. The minimum absolute atomic E-state index is 0.116. The molecule has 0 spiro atoms. The van der Waals surface area contributed by atoms with Crippen molar-refractivity contribution in [2.45, 2.75) is 39.5 Å². The topological polar surface area (TPSA) is 43.8 Å². The zero-order chi connectivity index (χ0) is 11.6. The second-order valence-electron chi connectivity index (χ2n) is 5.47. The van der Waals surface area contributed by atoms with E-state index in [1.165, 1.54) is 11.3 Å². The Morgan fingerprint density at radius 2 is 2.07 bits per heavy atom. The largest absolute Gasteiger partial charge is 0.330 e. The molecule has 0 bridgehead atoms. The molecule has 1 unspecified atom stereocenters. The van der Waals surface area contributed by atoms with Gasteiger partial charge in [-0.25, -0.2) is 0 Å². The Balaban J connectivity index is 2.96. The van der Waals surface area contributed by atoms with Crippen molar-refractivity contribution < 1.29 is 0 Å². The van der Waals surface area contributed by atoms with E-state index in [0.29, 0.717) is 5.92 Å². The van der Waals surface area contributed by atoms with E-state index in [1.54, 1.807) is 0 Å². The van der Waals surface area contributed by atoms with E-state index in [1.807, 2.05) is 11.7 Å². The smallest absolute Gasteiger partial charge is 0.0709 e. The van der Waals surface area contributed by atoms with Gasteiger partial charge in [-0.1, -0.05) is 27.7 Å². The van der Waals surface area contributed by atoms with Crippen LogP contribution in [0, 0.1) is 5.92 Å². The Labute approximate surface area is 92.7 Å². The molecule has 0 saturated heterocycles. The van der Waals surface area contributed by atoms with Crippen LogP contribution < -0.4 is 5.73 Å². The minimum atomic E-state index is 0.116. The van der Waals surface area contributed by atoms with Crippen molar-refractivity contribution in [3.8, 4) is 0 Å². The van der Waals surface area contributed by atoms with Crippen LogP contribution in [0.2, 0.25) is 0 Å². The van der Waals surface area contributed by atoms with Gasteiger partial charge in [0.05, 0.1) is 5.69 Å². The zero-order valence-corrected chi connectivity index (χ0v) is 10.5. The number of aryl methyl sites for hydroxylation is 1. The molecule has 0 saturated carbocycles. The highest BCUT2D eigenvalue weighted by Crippen LogP contribution is 2.25. The van der Waals surface area contributed by atoms with Crippen molar-refractivity contribution in [1.29, 1.82) is 0 Å². The SMILES string of the molecule is CC(CN)Cc1cn(C)nc1C(C)(C)C. The Hall–Kier alpha value is -0.830. The molecule has 0 amide bonds. The van der Waals surface area contributed by atoms with Crippen LogP contribution >= 0.6 is 0 Å². The van der Waals surface area contributed by atoms with Gasteiger partial charge in [-0.3, -0.25) is 4.68 Å². The van der Waals surface area contributed by atoms with E-state index in [4.69, 9.17) is 5.73 Å². The van der Waals surface area contributed by atoms with Crippen LogP contribution in [0.4, 0.5) is 0 Å². The van der Waals surface area contributed by atoms with Crippen LogP contribution in [-0.4, -0.2) is 16.3 Å². The van der Waals surface area contributed by atoms with Gasteiger partial charge in [-0.2, -0.15) is 5.10 Å². The van der Waals surface area contributed by atoms with Crippen LogP contribution in [0.1, 0.15) is 39.0 Å². The molecule has 3 nitrogen and oxygen atoms in total. The molecule has 1 aromatic heterocycles. The molecule has 1 atom stereocenters. The van der Waals surface area contributed by atoms with Gasteiger partial charge in [0.15, 0.2) is 0 Å².